The molecule has 3 heterocycles. The number of rotatable bonds is 3. The summed E-state index contributed by atoms with van der Waals surface area (Å²) in [5.74, 6) is -0.233. The highest BCUT2D eigenvalue weighted by atomic mass is 19.4. The summed E-state index contributed by atoms with van der Waals surface area (Å²) in [6.07, 6.45) is -3.13. The second-order valence-corrected chi connectivity index (χ2v) is 6.89. The highest BCUT2D eigenvalue weighted by Gasteiger charge is 2.36. The Balaban J connectivity index is 1.42. The smallest absolute Gasteiger partial charge is 0.416 e. The predicted molar refractivity (Wildman–Crippen MR) is 93.7 cm³/mol. The second-order valence-electron chi connectivity index (χ2n) is 6.89. The summed E-state index contributed by atoms with van der Waals surface area (Å²) in [6, 6.07) is 9.48. The third-order valence-corrected chi connectivity index (χ3v) is 5.02. The molecule has 0 saturated carbocycles. The van der Waals surface area contributed by atoms with Crippen LogP contribution in [0.4, 0.5) is 13.2 Å². The number of benzene rings is 1. The number of carbonyl (C=O) groups is 1. The Morgan fingerprint density at radius 1 is 1.25 bits per heavy atom. The molecule has 0 aliphatic carbocycles. The van der Waals surface area contributed by atoms with Gasteiger partial charge in [0.15, 0.2) is 6.10 Å². The van der Waals surface area contributed by atoms with Crippen LogP contribution in [-0.4, -0.2) is 41.6 Å². The number of pyridine rings is 1. The summed E-state index contributed by atoms with van der Waals surface area (Å²) in [6.45, 7) is 1.23. The predicted octanol–water partition coefficient (Wildman–Crippen LogP) is 3.39. The standard InChI is InChI=1S/C20H19F3N2O3/c21-20(22,23)14-5-8-24-17(11-14)28-15-6-9-25(12-15)19(26)18-16-4-2-1-3-13(16)7-10-27-18/h1-5,8,11,15,18H,6-7,9-10,12H2. The van der Waals surface area contributed by atoms with Crippen molar-refractivity contribution in [3.8, 4) is 5.88 Å². The number of halogens is 3. The van der Waals surface area contributed by atoms with Crippen LogP contribution in [-0.2, 0) is 22.1 Å². The molecule has 1 aromatic heterocycles. The zero-order valence-corrected chi connectivity index (χ0v) is 15.0. The highest BCUT2D eigenvalue weighted by Crippen LogP contribution is 2.32. The fourth-order valence-corrected chi connectivity index (χ4v) is 3.61. The maximum absolute atomic E-state index is 12.9. The highest BCUT2D eigenvalue weighted by molar-refractivity contribution is 5.83. The molecule has 2 aliphatic heterocycles. The van der Waals surface area contributed by atoms with Crippen LogP contribution < -0.4 is 4.74 Å². The van der Waals surface area contributed by atoms with Crippen LogP contribution in [0.1, 0.15) is 29.2 Å². The molecule has 1 aromatic carbocycles. The van der Waals surface area contributed by atoms with Gasteiger partial charge in [-0.3, -0.25) is 4.79 Å². The van der Waals surface area contributed by atoms with E-state index >= 15 is 0 Å². The second kappa shape index (κ2) is 7.43. The summed E-state index contributed by atoms with van der Waals surface area (Å²) in [5, 5.41) is 0. The summed E-state index contributed by atoms with van der Waals surface area (Å²) in [7, 11) is 0. The van der Waals surface area contributed by atoms with Crippen molar-refractivity contribution in [2.45, 2.75) is 31.2 Å². The van der Waals surface area contributed by atoms with Crippen molar-refractivity contribution in [1.82, 2.24) is 9.88 Å². The minimum absolute atomic E-state index is 0.0895. The van der Waals surface area contributed by atoms with E-state index < -0.39 is 23.9 Å². The molecule has 8 heteroatoms. The number of alkyl halides is 3. The first-order valence-electron chi connectivity index (χ1n) is 9.10. The van der Waals surface area contributed by atoms with Gasteiger partial charge < -0.3 is 14.4 Å². The molecule has 148 valence electrons. The lowest BCUT2D eigenvalue weighted by Gasteiger charge is -2.28. The van der Waals surface area contributed by atoms with Gasteiger partial charge in [-0.1, -0.05) is 24.3 Å². The summed E-state index contributed by atoms with van der Waals surface area (Å²) >= 11 is 0. The van der Waals surface area contributed by atoms with Gasteiger partial charge in [-0.05, 0) is 23.6 Å². The number of aromatic nitrogens is 1. The molecule has 0 bridgehead atoms. The molecule has 1 amide bonds. The van der Waals surface area contributed by atoms with Crippen molar-refractivity contribution in [1.29, 1.82) is 0 Å². The molecule has 4 rings (SSSR count). The van der Waals surface area contributed by atoms with Crippen LogP contribution >= 0.6 is 0 Å². The molecule has 2 aliphatic rings. The number of likely N-dealkylation sites (tertiary alicyclic amines) is 1. The van der Waals surface area contributed by atoms with Crippen LogP contribution in [0.2, 0.25) is 0 Å². The molecule has 1 saturated heterocycles. The first-order valence-corrected chi connectivity index (χ1v) is 9.10. The van der Waals surface area contributed by atoms with Crippen molar-refractivity contribution < 1.29 is 27.4 Å². The number of fused-ring (bicyclic) bond motifs is 1. The third-order valence-electron chi connectivity index (χ3n) is 5.02. The summed E-state index contributed by atoms with van der Waals surface area (Å²) < 4.78 is 49.8. The van der Waals surface area contributed by atoms with E-state index in [1.165, 1.54) is 0 Å². The largest absolute Gasteiger partial charge is 0.472 e. The van der Waals surface area contributed by atoms with Gasteiger partial charge >= 0.3 is 6.18 Å². The fourth-order valence-electron chi connectivity index (χ4n) is 3.61. The van der Waals surface area contributed by atoms with E-state index in [1.54, 1.807) is 4.90 Å². The molecule has 2 unspecified atom stereocenters. The molecule has 1 fully saturated rings. The number of hydrogen-bond donors (Lipinski definition) is 0. The average molecular weight is 392 g/mol. The monoisotopic (exact) mass is 392 g/mol. The van der Waals surface area contributed by atoms with Gasteiger partial charge in [0.25, 0.3) is 5.91 Å². The fraction of sp³-hybridized carbons (Fsp3) is 0.400. The number of nitrogens with zero attached hydrogens (tertiary/aromatic N) is 2. The Kier molecular flexibility index (Phi) is 4.97. The van der Waals surface area contributed by atoms with E-state index in [0.717, 1.165) is 35.9 Å². The SMILES string of the molecule is O=C(C1OCCc2ccccc21)N1CCC(Oc2cc(C(F)(F)F)ccn2)C1. The lowest BCUT2D eigenvalue weighted by atomic mass is 9.97. The molecule has 0 spiro atoms. The van der Waals surface area contributed by atoms with Gasteiger partial charge in [-0.25, -0.2) is 4.98 Å². The van der Waals surface area contributed by atoms with Crippen molar-refractivity contribution >= 4 is 5.91 Å². The molecule has 5 nitrogen and oxygen atoms in total. The molecule has 2 aromatic rings. The van der Waals surface area contributed by atoms with E-state index in [2.05, 4.69) is 4.98 Å². The molecule has 0 N–H and O–H groups in total. The van der Waals surface area contributed by atoms with E-state index in [-0.39, 0.29) is 11.8 Å². The summed E-state index contributed by atoms with van der Waals surface area (Å²) in [5.41, 5.74) is 1.17. The van der Waals surface area contributed by atoms with Gasteiger partial charge in [-0.15, -0.1) is 0 Å². The number of ether oxygens (including phenoxy) is 2. The van der Waals surface area contributed by atoms with Crippen LogP contribution in [0.25, 0.3) is 0 Å². The lowest BCUT2D eigenvalue weighted by Crippen LogP contribution is -2.37. The van der Waals surface area contributed by atoms with Crippen molar-refractivity contribution in [2.24, 2.45) is 0 Å². The molecule has 2 atom stereocenters. The Hall–Kier alpha value is -2.61. The maximum atomic E-state index is 12.9. The van der Waals surface area contributed by atoms with Crippen molar-refractivity contribution in [3.63, 3.8) is 0 Å². The quantitative estimate of drug-likeness (QED) is 0.804. The minimum atomic E-state index is -4.45. The van der Waals surface area contributed by atoms with Gasteiger partial charge in [0, 0.05) is 25.2 Å². The van der Waals surface area contributed by atoms with Gasteiger partial charge in [0.2, 0.25) is 5.88 Å². The topological polar surface area (TPSA) is 51.7 Å². The van der Waals surface area contributed by atoms with E-state index in [1.807, 2.05) is 24.3 Å². The van der Waals surface area contributed by atoms with Gasteiger partial charge in [-0.2, -0.15) is 13.2 Å². The Morgan fingerprint density at radius 3 is 2.89 bits per heavy atom. The van der Waals surface area contributed by atoms with Crippen LogP contribution in [0, 0.1) is 0 Å². The first-order chi connectivity index (χ1) is 13.4. The lowest BCUT2D eigenvalue weighted by molar-refractivity contribution is -0.144. The zero-order valence-electron chi connectivity index (χ0n) is 15.0. The Bertz CT molecular complexity index is 872. The third kappa shape index (κ3) is 3.82. The van der Waals surface area contributed by atoms with Crippen LogP contribution in [0.3, 0.4) is 0 Å². The van der Waals surface area contributed by atoms with Gasteiger partial charge in [0.05, 0.1) is 18.7 Å². The van der Waals surface area contributed by atoms with E-state index in [4.69, 9.17) is 9.47 Å². The molecule has 28 heavy (non-hydrogen) atoms. The van der Waals surface area contributed by atoms with Crippen LogP contribution in [0.5, 0.6) is 5.88 Å². The van der Waals surface area contributed by atoms with Crippen molar-refractivity contribution in [3.05, 3.63) is 59.3 Å². The van der Waals surface area contributed by atoms with Crippen LogP contribution in [0.15, 0.2) is 42.6 Å². The van der Waals surface area contributed by atoms with Gasteiger partial charge in [0.1, 0.15) is 6.10 Å². The molecule has 0 radical (unpaired) electrons. The zero-order chi connectivity index (χ0) is 19.7. The molecular weight excluding hydrogens is 373 g/mol. The Morgan fingerprint density at radius 2 is 2.07 bits per heavy atom. The maximum Gasteiger partial charge on any atom is 0.416 e. The summed E-state index contributed by atoms with van der Waals surface area (Å²) in [4.78, 5) is 18.4. The number of amides is 1. The Labute approximate surface area is 160 Å². The molecular formula is C20H19F3N2O3. The van der Waals surface area contributed by atoms with Crippen molar-refractivity contribution in [2.75, 3.05) is 19.7 Å². The van der Waals surface area contributed by atoms with E-state index in [0.29, 0.717) is 26.1 Å². The van der Waals surface area contributed by atoms with E-state index in [9.17, 15) is 18.0 Å². The number of hydrogen-bond acceptors (Lipinski definition) is 4. The average Bonchev–Trinajstić information content (AvgIpc) is 3.15. The minimum Gasteiger partial charge on any atom is -0.472 e. The number of carbonyl (C=O) groups excluding carboxylic acids is 1. The first kappa shape index (κ1) is 18.7. The normalized spacial score (nSPS) is 22.0.